The monoisotopic (exact) mass is 495 g/mol. The van der Waals surface area contributed by atoms with E-state index in [2.05, 4.69) is 55.1 Å². The predicted octanol–water partition coefficient (Wildman–Crippen LogP) is 2.39. The number of guanidine groups is 1. The Morgan fingerprint density at radius 3 is 2.19 bits per heavy atom. The second-order valence-electron chi connectivity index (χ2n) is 8.23. The summed E-state index contributed by atoms with van der Waals surface area (Å²) in [5.41, 5.74) is 0. The fourth-order valence-electron chi connectivity index (χ4n) is 3.92. The van der Waals surface area contributed by atoms with E-state index >= 15 is 0 Å². The number of aliphatic imine (C=N–C) groups is 1. The molecule has 0 aliphatic carbocycles. The predicted molar refractivity (Wildman–Crippen MR) is 125 cm³/mol. The average Bonchev–Trinajstić information content (AvgIpc) is 2.63. The van der Waals surface area contributed by atoms with Crippen LogP contribution in [0, 0.1) is 5.92 Å². The molecule has 160 valence electrons. The van der Waals surface area contributed by atoms with Crippen LogP contribution in [0.2, 0.25) is 0 Å². The van der Waals surface area contributed by atoms with Crippen LogP contribution >= 0.6 is 24.0 Å². The molecule has 7 heteroatoms. The molecule has 2 rings (SSSR count). The van der Waals surface area contributed by atoms with Gasteiger partial charge >= 0.3 is 0 Å². The molecule has 0 aromatic heterocycles. The first kappa shape index (κ1) is 24.9. The van der Waals surface area contributed by atoms with E-state index in [4.69, 9.17) is 9.73 Å². The molecular formula is C20H42IN5O. The highest BCUT2D eigenvalue weighted by molar-refractivity contribution is 14.0. The van der Waals surface area contributed by atoms with Crippen LogP contribution in [0.3, 0.4) is 0 Å². The van der Waals surface area contributed by atoms with Crippen LogP contribution in [-0.2, 0) is 4.74 Å². The van der Waals surface area contributed by atoms with Crippen molar-refractivity contribution in [2.24, 2.45) is 10.9 Å². The summed E-state index contributed by atoms with van der Waals surface area (Å²) in [6.07, 6.45) is 2.39. The van der Waals surface area contributed by atoms with E-state index in [1.165, 1.54) is 25.9 Å². The molecule has 2 N–H and O–H groups in total. The van der Waals surface area contributed by atoms with Crippen LogP contribution in [0.4, 0.5) is 0 Å². The zero-order chi connectivity index (χ0) is 18.9. The molecule has 1 unspecified atom stereocenters. The molecule has 2 aliphatic rings. The number of rotatable bonds is 7. The topological polar surface area (TPSA) is 52.1 Å². The highest BCUT2D eigenvalue weighted by Gasteiger charge is 2.24. The van der Waals surface area contributed by atoms with E-state index in [-0.39, 0.29) is 24.0 Å². The van der Waals surface area contributed by atoms with Crippen molar-refractivity contribution in [1.29, 1.82) is 0 Å². The van der Waals surface area contributed by atoms with Gasteiger partial charge in [-0.25, -0.2) is 0 Å². The van der Waals surface area contributed by atoms with Gasteiger partial charge in [-0.3, -0.25) is 9.89 Å². The molecule has 2 fully saturated rings. The summed E-state index contributed by atoms with van der Waals surface area (Å²) < 4.78 is 5.51. The summed E-state index contributed by atoms with van der Waals surface area (Å²) in [6.45, 7) is 19.2. The number of nitrogens with one attached hydrogen (secondary N) is 2. The minimum absolute atomic E-state index is 0. The number of likely N-dealkylation sites (tertiary alicyclic amines) is 1. The SMILES string of the molecule is CCNC(=NCC(C(C)C)N1CCOCC1)NC1CCN(C(C)C)CC1.I. The van der Waals surface area contributed by atoms with Crippen LogP contribution in [-0.4, -0.2) is 86.4 Å². The molecule has 0 spiro atoms. The third-order valence-electron chi connectivity index (χ3n) is 5.67. The largest absolute Gasteiger partial charge is 0.379 e. The Morgan fingerprint density at radius 2 is 1.67 bits per heavy atom. The molecule has 6 nitrogen and oxygen atoms in total. The van der Waals surface area contributed by atoms with Gasteiger partial charge in [-0.2, -0.15) is 0 Å². The lowest BCUT2D eigenvalue weighted by Gasteiger charge is -2.37. The Morgan fingerprint density at radius 1 is 1.04 bits per heavy atom. The Kier molecular flexibility index (Phi) is 12.2. The smallest absolute Gasteiger partial charge is 0.191 e. The van der Waals surface area contributed by atoms with Crippen LogP contribution in [0.5, 0.6) is 0 Å². The molecule has 0 aromatic rings. The van der Waals surface area contributed by atoms with Gasteiger partial charge in [0.2, 0.25) is 0 Å². The number of hydrogen-bond acceptors (Lipinski definition) is 4. The zero-order valence-corrected chi connectivity index (χ0v) is 20.4. The summed E-state index contributed by atoms with van der Waals surface area (Å²) in [6, 6.07) is 1.67. The maximum Gasteiger partial charge on any atom is 0.191 e. The molecule has 2 aliphatic heterocycles. The molecule has 0 amide bonds. The molecule has 2 heterocycles. The Bertz CT molecular complexity index is 419. The third kappa shape index (κ3) is 8.41. The van der Waals surface area contributed by atoms with Gasteiger partial charge in [0.05, 0.1) is 19.8 Å². The summed E-state index contributed by atoms with van der Waals surface area (Å²) in [5, 5.41) is 7.13. The van der Waals surface area contributed by atoms with E-state index in [0.29, 0.717) is 24.0 Å². The van der Waals surface area contributed by atoms with E-state index < -0.39 is 0 Å². The highest BCUT2D eigenvalue weighted by Crippen LogP contribution is 2.15. The van der Waals surface area contributed by atoms with Crippen molar-refractivity contribution in [2.45, 2.75) is 65.6 Å². The van der Waals surface area contributed by atoms with Gasteiger partial charge < -0.3 is 20.3 Å². The van der Waals surface area contributed by atoms with Gasteiger partial charge in [0.15, 0.2) is 5.96 Å². The van der Waals surface area contributed by atoms with Crippen molar-refractivity contribution in [3.8, 4) is 0 Å². The Hall–Kier alpha value is -0.120. The molecule has 0 aromatic carbocycles. The molecule has 2 saturated heterocycles. The van der Waals surface area contributed by atoms with Crippen LogP contribution in [0.1, 0.15) is 47.5 Å². The maximum atomic E-state index is 5.51. The number of nitrogens with zero attached hydrogens (tertiary/aromatic N) is 3. The Balaban J connectivity index is 0.00000364. The minimum atomic E-state index is 0. The van der Waals surface area contributed by atoms with Gasteiger partial charge in [0.1, 0.15) is 0 Å². The van der Waals surface area contributed by atoms with Crippen molar-refractivity contribution in [3.05, 3.63) is 0 Å². The minimum Gasteiger partial charge on any atom is -0.379 e. The van der Waals surface area contributed by atoms with Gasteiger partial charge in [-0.15, -0.1) is 24.0 Å². The van der Waals surface area contributed by atoms with Gasteiger partial charge in [-0.1, -0.05) is 13.8 Å². The van der Waals surface area contributed by atoms with Crippen molar-refractivity contribution < 1.29 is 4.74 Å². The zero-order valence-electron chi connectivity index (χ0n) is 18.0. The van der Waals surface area contributed by atoms with E-state index in [1.807, 2.05) is 0 Å². The average molecular weight is 495 g/mol. The number of piperidine rings is 1. The summed E-state index contributed by atoms with van der Waals surface area (Å²) >= 11 is 0. The van der Waals surface area contributed by atoms with Crippen LogP contribution in [0.25, 0.3) is 0 Å². The van der Waals surface area contributed by atoms with Crippen LogP contribution < -0.4 is 10.6 Å². The van der Waals surface area contributed by atoms with E-state index in [1.54, 1.807) is 0 Å². The van der Waals surface area contributed by atoms with Crippen molar-refractivity contribution in [2.75, 3.05) is 52.5 Å². The lowest BCUT2D eigenvalue weighted by atomic mass is 10.0. The number of hydrogen-bond donors (Lipinski definition) is 2. The first-order valence-corrected chi connectivity index (χ1v) is 10.6. The normalized spacial score (nSPS) is 22.0. The lowest BCUT2D eigenvalue weighted by Crippen LogP contribution is -2.51. The van der Waals surface area contributed by atoms with Gasteiger partial charge in [0.25, 0.3) is 0 Å². The number of halogens is 1. The third-order valence-corrected chi connectivity index (χ3v) is 5.67. The van der Waals surface area contributed by atoms with E-state index in [9.17, 15) is 0 Å². The molecule has 0 bridgehead atoms. The fourth-order valence-corrected chi connectivity index (χ4v) is 3.92. The lowest BCUT2D eigenvalue weighted by molar-refractivity contribution is 0.00867. The molecule has 1 atom stereocenters. The van der Waals surface area contributed by atoms with Gasteiger partial charge in [0, 0.05) is 50.8 Å². The second kappa shape index (κ2) is 13.2. The van der Waals surface area contributed by atoms with Crippen molar-refractivity contribution >= 4 is 29.9 Å². The molecule has 0 radical (unpaired) electrons. The maximum absolute atomic E-state index is 5.51. The van der Waals surface area contributed by atoms with Gasteiger partial charge in [-0.05, 0) is 39.5 Å². The molecular weight excluding hydrogens is 453 g/mol. The first-order valence-electron chi connectivity index (χ1n) is 10.6. The van der Waals surface area contributed by atoms with Crippen LogP contribution in [0.15, 0.2) is 4.99 Å². The molecule has 27 heavy (non-hydrogen) atoms. The molecule has 0 saturated carbocycles. The number of morpholine rings is 1. The number of ether oxygens (including phenoxy) is 1. The fraction of sp³-hybridized carbons (Fsp3) is 0.950. The van der Waals surface area contributed by atoms with E-state index in [0.717, 1.165) is 45.4 Å². The Labute approximate surface area is 183 Å². The second-order valence-corrected chi connectivity index (χ2v) is 8.23. The highest BCUT2D eigenvalue weighted by atomic mass is 127. The van der Waals surface area contributed by atoms with Crippen molar-refractivity contribution in [1.82, 2.24) is 20.4 Å². The summed E-state index contributed by atoms with van der Waals surface area (Å²) in [7, 11) is 0. The summed E-state index contributed by atoms with van der Waals surface area (Å²) in [5.74, 6) is 1.57. The first-order chi connectivity index (χ1) is 12.5. The summed E-state index contributed by atoms with van der Waals surface area (Å²) in [4.78, 5) is 10.1. The standard InChI is InChI=1S/C20H41N5O.HI/c1-6-21-20(23-18-7-9-24(10-8-18)17(4)5)22-15-19(16(2)3)25-11-13-26-14-12-25;/h16-19H,6-15H2,1-5H3,(H2,21,22,23);1H. The quantitative estimate of drug-likeness (QED) is 0.323. The van der Waals surface area contributed by atoms with Crippen molar-refractivity contribution in [3.63, 3.8) is 0 Å².